The number of aliphatic hydroxyl groups excluding tert-OH is 1. The highest BCUT2D eigenvalue weighted by atomic mass is 127. The Morgan fingerprint density at radius 1 is 0.952 bits per heavy atom. The minimum absolute atomic E-state index is 0.372. The average molecular weight is 416 g/mol. The molecule has 1 aliphatic rings. The molecule has 8 nitrogen and oxygen atoms in total. The summed E-state index contributed by atoms with van der Waals surface area (Å²) in [6, 6.07) is 0. The Hall–Kier alpha value is -0.940. The zero-order valence-corrected chi connectivity index (χ0v) is 13.9. The first kappa shape index (κ1) is 18.1. The van der Waals surface area contributed by atoms with E-state index >= 15 is 0 Å². The summed E-state index contributed by atoms with van der Waals surface area (Å²) in [5.74, 6) is -1.95. The summed E-state index contributed by atoms with van der Waals surface area (Å²) in [5.41, 5.74) is 0. The molecule has 0 aromatic rings. The van der Waals surface area contributed by atoms with Gasteiger partial charge in [-0.05, 0) is 0 Å². The van der Waals surface area contributed by atoms with Gasteiger partial charge in [0.1, 0.15) is 6.10 Å². The molecule has 5 atom stereocenters. The average Bonchev–Trinajstić information content (AvgIpc) is 2.35. The van der Waals surface area contributed by atoms with Crippen molar-refractivity contribution in [2.45, 2.75) is 51.5 Å². The lowest BCUT2D eigenvalue weighted by atomic mass is 9.99. The van der Waals surface area contributed by atoms with Crippen molar-refractivity contribution in [2.75, 3.05) is 4.43 Å². The van der Waals surface area contributed by atoms with E-state index in [9.17, 15) is 19.5 Å². The fourth-order valence-corrected chi connectivity index (χ4v) is 2.70. The van der Waals surface area contributed by atoms with E-state index in [1.807, 2.05) is 22.6 Å². The Balaban J connectivity index is 3.08. The van der Waals surface area contributed by atoms with Crippen molar-refractivity contribution in [2.24, 2.45) is 0 Å². The molecule has 1 heterocycles. The van der Waals surface area contributed by atoms with Crippen molar-refractivity contribution >= 4 is 40.5 Å². The molecule has 0 aromatic heterocycles. The van der Waals surface area contributed by atoms with Crippen LogP contribution in [-0.4, -0.2) is 58.1 Å². The first-order valence-corrected chi connectivity index (χ1v) is 7.70. The number of halogens is 1. The van der Waals surface area contributed by atoms with Gasteiger partial charge in [-0.3, -0.25) is 14.4 Å². The van der Waals surface area contributed by atoms with Crippen LogP contribution in [0.1, 0.15) is 20.8 Å². The van der Waals surface area contributed by atoms with Gasteiger partial charge in [-0.2, -0.15) is 0 Å². The van der Waals surface area contributed by atoms with Gasteiger partial charge in [0.2, 0.25) is 0 Å². The highest BCUT2D eigenvalue weighted by Gasteiger charge is 2.50. The molecule has 0 spiro atoms. The standard InChI is InChI=1S/C12H17IO8/c1-5(14)18-9-8(4-13)21-12(17)11(20-7(3)16)10(9)19-6(2)15/h8-12,17H,4H2,1-3H3/t8-,9-,10+,11+,12+/m1/s1. The molecule has 1 fully saturated rings. The van der Waals surface area contributed by atoms with Crippen LogP contribution in [0, 0.1) is 0 Å². The molecule has 0 saturated carbocycles. The first-order valence-electron chi connectivity index (χ1n) is 6.17. The van der Waals surface area contributed by atoms with Crippen LogP contribution in [0.4, 0.5) is 0 Å². The topological polar surface area (TPSA) is 108 Å². The smallest absolute Gasteiger partial charge is 0.303 e. The van der Waals surface area contributed by atoms with Crippen LogP contribution in [-0.2, 0) is 33.3 Å². The van der Waals surface area contributed by atoms with E-state index in [1.54, 1.807) is 0 Å². The predicted octanol–water partition coefficient (Wildman–Crippen LogP) is -0.0663. The Kier molecular flexibility index (Phi) is 6.81. The minimum Gasteiger partial charge on any atom is -0.456 e. The summed E-state index contributed by atoms with van der Waals surface area (Å²) in [7, 11) is 0. The summed E-state index contributed by atoms with van der Waals surface area (Å²) < 4.78 is 20.8. The molecule has 120 valence electrons. The maximum Gasteiger partial charge on any atom is 0.303 e. The molecular weight excluding hydrogens is 399 g/mol. The highest BCUT2D eigenvalue weighted by molar-refractivity contribution is 14.1. The molecule has 1 aliphatic heterocycles. The second-order valence-corrected chi connectivity index (χ2v) is 5.32. The van der Waals surface area contributed by atoms with Crippen molar-refractivity contribution in [3.05, 3.63) is 0 Å². The zero-order chi connectivity index (χ0) is 16.2. The quantitative estimate of drug-likeness (QED) is 0.294. The molecule has 1 saturated heterocycles. The third-order valence-corrected chi connectivity index (χ3v) is 3.54. The molecule has 0 bridgehead atoms. The Labute approximate surface area is 135 Å². The summed E-state index contributed by atoms with van der Waals surface area (Å²) in [4.78, 5) is 33.6. The van der Waals surface area contributed by atoms with Crippen molar-refractivity contribution < 1.29 is 38.4 Å². The van der Waals surface area contributed by atoms with E-state index in [4.69, 9.17) is 18.9 Å². The minimum atomic E-state index is -1.48. The molecule has 1 N–H and O–H groups in total. The maximum atomic E-state index is 11.2. The number of carbonyl (C=O) groups is 3. The fraction of sp³-hybridized carbons (Fsp3) is 0.750. The van der Waals surface area contributed by atoms with Gasteiger partial charge in [-0.25, -0.2) is 0 Å². The van der Waals surface area contributed by atoms with Crippen LogP contribution in [0.15, 0.2) is 0 Å². The Morgan fingerprint density at radius 2 is 1.38 bits per heavy atom. The third-order valence-electron chi connectivity index (χ3n) is 2.67. The maximum absolute atomic E-state index is 11.2. The van der Waals surface area contributed by atoms with Gasteiger partial charge in [0.05, 0.1) is 0 Å². The van der Waals surface area contributed by atoms with Crippen LogP contribution in [0.5, 0.6) is 0 Å². The van der Waals surface area contributed by atoms with Gasteiger partial charge >= 0.3 is 17.9 Å². The number of hydrogen-bond acceptors (Lipinski definition) is 8. The van der Waals surface area contributed by atoms with Gasteiger partial charge in [0, 0.05) is 25.2 Å². The van der Waals surface area contributed by atoms with E-state index in [1.165, 1.54) is 6.92 Å². The molecule has 0 amide bonds. The van der Waals surface area contributed by atoms with Gasteiger partial charge in [-0.15, -0.1) is 0 Å². The summed E-state index contributed by atoms with van der Waals surface area (Å²) in [6.45, 7) is 3.50. The van der Waals surface area contributed by atoms with Crippen LogP contribution in [0.25, 0.3) is 0 Å². The molecule has 0 aliphatic carbocycles. The number of aliphatic hydroxyl groups is 1. The van der Waals surface area contributed by atoms with Gasteiger partial charge in [0.15, 0.2) is 24.6 Å². The lowest BCUT2D eigenvalue weighted by Gasteiger charge is -2.42. The van der Waals surface area contributed by atoms with Gasteiger partial charge < -0.3 is 24.1 Å². The van der Waals surface area contributed by atoms with E-state index in [0.29, 0.717) is 4.43 Å². The van der Waals surface area contributed by atoms with Crippen molar-refractivity contribution in [1.82, 2.24) is 0 Å². The van der Waals surface area contributed by atoms with E-state index in [-0.39, 0.29) is 0 Å². The predicted molar refractivity (Wildman–Crippen MR) is 76.4 cm³/mol. The van der Waals surface area contributed by atoms with Crippen LogP contribution < -0.4 is 0 Å². The molecule has 0 aromatic carbocycles. The molecule has 9 heteroatoms. The molecule has 1 rings (SSSR count). The molecule has 0 radical (unpaired) electrons. The van der Waals surface area contributed by atoms with Crippen molar-refractivity contribution in [3.63, 3.8) is 0 Å². The Morgan fingerprint density at radius 3 is 1.81 bits per heavy atom. The number of alkyl halides is 1. The normalized spacial score (nSPS) is 32.1. The Bertz CT molecular complexity index is 412. The highest BCUT2D eigenvalue weighted by Crippen LogP contribution is 2.28. The number of ether oxygens (including phenoxy) is 4. The zero-order valence-electron chi connectivity index (χ0n) is 11.8. The number of hydrogen-bond donors (Lipinski definition) is 1. The SMILES string of the molecule is CC(=O)O[C@@H]1[C@H](OC(C)=O)[C@@H](O)O[C@H](CI)[C@H]1OC(C)=O. The van der Waals surface area contributed by atoms with Crippen molar-refractivity contribution in [1.29, 1.82) is 0 Å². The second-order valence-electron chi connectivity index (χ2n) is 4.44. The number of rotatable bonds is 4. The van der Waals surface area contributed by atoms with Crippen LogP contribution in [0.3, 0.4) is 0 Å². The monoisotopic (exact) mass is 416 g/mol. The van der Waals surface area contributed by atoms with Crippen LogP contribution in [0.2, 0.25) is 0 Å². The van der Waals surface area contributed by atoms with E-state index in [2.05, 4.69) is 0 Å². The van der Waals surface area contributed by atoms with E-state index < -0.39 is 48.6 Å². The third kappa shape index (κ3) is 5.08. The fourth-order valence-electron chi connectivity index (χ4n) is 2.00. The summed E-state index contributed by atoms with van der Waals surface area (Å²) in [5, 5.41) is 9.92. The van der Waals surface area contributed by atoms with Crippen LogP contribution >= 0.6 is 22.6 Å². The van der Waals surface area contributed by atoms with Crippen molar-refractivity contribution in [3.8, 4) is 0 Å². The number of esters is 3. The lowest BCUT2D eigenvalue weighted by molar-refractivity contribution is -0.286. The van der Waals surface area contributed by atoms with Gasteiger partial charge in [0.25, 0.3) is 0 Å². The lowest BCUT2D eigenvalue weighted by Crippen LogP contribution is -2.61. The molecular formula is C12H17IO8. The largest absolute Gasteiger partial charge is 0.456 e. The number of carbonyl (C=O) groups excluding carboxylic acids is 3. The molecule has 21 heavy (non-hydrogen) atoms. The summed E-state index contributed by atoms with van der Waals surface area (Å²) in [6.07, 6.45) is -5.56. The first-order chi connectivity index (χ1) is 9.76. The molecule has 0 unspecified atom stereocenters. The summed E-state index contributed by atoms with van der Waals surface area (Å²) >= 11 is 1.98. The van der Waals surface area contributed by atoms with Gasteiger partial charge in [-0.1, -0.05) is 22.6 Å². The van der Waals surface area contributed by atoms with E-state index in [0.717, 1.165) is 13.8 Å². The second kappa shape index (κ2) is 7.90.